The average Bonchev–Trinajstić information content (AvgIpc) is 3.73. The van der Waals surface area contributed by atoms with E-state index in [0.29, 0.717) is 41.5 Å². The fraction of sp³-hybridized carbons (Fsp3) is 0.378. The lowest BCUT2D eigenvalue weighted by Gasteiger charge is -2.49. The predicted octanol–water partition coefficient (Wildman–Crippen LogP) is 6.61. The third-order valence-electron chi connectivity index (χ3n) is 11.3. The van der Waals surface area contributed by atoms with Crippen LogP contribution in [-0.4, -0.2) is 50.0 Å². The molecule has 246 valence electrons. The number of aryl methyl sites for hydroxylation is 2. The molecule has 48 heavy (non-hydrogen) atoms. The molecule has 8 rings (SSSR count). The van der Waals surface area contributed by atoms with Crippen molar-refractivity contribution in [3.8, 4) is 16.3 Å². The van der Waals surface area contributed by atoms with Gasteiger partial charge < -0.3 is 5.11 Å². The van der Waals surface area contributed by atoms with Crippen LogP contribution < -0.4 is 4.90 Å². The number of aromatic hydroxyl groups is 1. The number of imide groups is 2. The van der Waals surface area contributed by atoms with E-state index >= 15 is 0 Å². The number of aromatic nitrogens is 2. The van der Waals surface area contributed by atoms with Crippen molar-refractivity contribution in [2.75, 3.05) is 11.4 Å². The Morgan fingerprint density at radius 3 is 2.56 bits per heavy atom. The largest absolute Gasteiger partial charge is 0.508 e. The van der Waals surface area contributed by atoms with Crippen LogP contribution in [-0.2, 0) is 26.2 Å². The molecule has 2 aromatic carbocycles. The predicted molar refractivity (Wildman–Crippen MR) is 184 cm³/mol. The van der Waals surface area contributed by atoms with Gasteiger partial charge in [-0.05, 0) is 74.2 Å². The van der Waals surface area contributed by atoms with Crippen LogP contribution in [0.5, 0.6) is 5.75 Å². The van der Waals surface area contributed by atoms with Crippen molar-refractivity contribution in [2.45, 2.75) is 46.0 Å². The van der Waals surface area contributed by atoms with Crippen LogP contribution in [0.3, 0.4) is 0 Å². The summed E-state index contributed by atoms with van der Waals surface area (Å²) in [6.45, 7) is 6.12. The summed E-state index contributed by atoms with van der Waals surface area (Å²) >= 11 is 7.86. The number of anilines is 1. The summed E-state index contributed by atoms with van der Waals surface area (Å²) in [5, 5.41) is 17.6. The van der Waals surface area contributed by atoms with E-state index in [4.69, 9.17) is 16.7 Å². The quantitative estimate of drug-likeness (QED) is 0.187. The third-order valence-corrected chi connectivity index (χ3v) is 12.8. The molecule has 9 nitrogen and oxygen atoms in total. The van der Waals surface area contributed by atoms with Crippen molar-refractivity contribution >= 4 is 62.5 Å². The number of fused-ring (bicyclic) bond motifs is 5. The molecule has 3 fully saturated rings. The lowest BCUT2D eigenvalue weighted by molar-refractivity contribution is -0.140. The fourth-order valence-electron chi connectivity index (χ4n) is 9.03. The molecule has 0 bridgehead atoms. The third kappa shape index (κ3) is 4.11. The molecule has 4 aromatic rings. The Bertz CT molecular complexity index is 2120. The smallest absolute Gasteiger partial charge is 0.242 e. The summed E-state index contributed by atoms with van der Waals surface area (Å²) in [4.78, 5) is 60.3. The van der Waals surface area contributed by atoms with Gasteiger partial charge in [-0.15, -0.1) is 11.3 Å². The summed E-state index contributed by atoms with van der Waals surface area (Å²) in [7, 11) is 1.72. The Balaban J connectivity index is 1.25. The van der Waals surface area contributed by atoms with Gasteiger partial charge in [0.15, 0.2) is 0 Å². The first-order valence-electron chi connectivity index (χ1n) is 16.4. The molecule has 2 aliphatic carbocycles. The van der Waals surface area contributed by atoms with Gasteiger partial charge in [-0.1, -0.05) is 48.4 Å². The van der Waals surface area contributed by atoms with Crippen LogP contribution in [0.25, 0.3) is 20.7 Å². The molecule has 11 heteroatoms. The number of para-hydroxylation sites is 1. The van der Waals surface area contributed by atoms with Gasteiger partial charge in [-0.3, -0.25) is 28.8 Å². The van der Waals surface area contributed by atoms with Gasteiger partial charge >= 0.3 is 0 Å². The Morgan fingerprint density at radius 2 is 1.81 bits per heavy atom. The Hall–Kier alpha value is -4.28. The number of halogens is 1. The van der Waals surface area contributed by atoms with E-state index in [1.165, 1.54) is 9.80 Å². The second-order valence-corrected chi connectivity index (χ2v) is 15.2. The zero-order chi connectivity index (χ0) is 33.8. The summed E-state index contributed by atoms with van der Waals surface area (Å²) in [5.41, 5.74) is 1.79. The lowest BCUT2D eigenvalue weighted by atomic mass is 9.51. The van der Waals surface area contributed by atoms with Gasteiger partial charge in [-0.2, -0.15) is 5.10 Å². The van der Waals surface area contributed by atoms with Gasteiger partial charge in [0.1, 0.15) is 17.3 Å². The molecule has 2 aliphatic heterocycles. The molecule has 4 heterocycles. The molecule has 6 unspecified atom stereocenters. The highest BCUT2D eigenvalue weighted by molar-refractivity contribution is 7.22. The van der Waals surface area contributed by atoms with Crippen molar-refractivity contribution in [2.24, 2.45) is 36.1 Å². The molecule has 1 N–H and O–H groups in total. The summed E-state index contributed by atoms with van der Waals surface area (Å²) in [6, 6.07) is 14.5. The number of carbonyl (C=O) groups excluding carboxylic acids is 4. The van der Waals surface area contributed by atoms with Crippen LogP contribution >= 0.6 is 22.9 Å². The van der Waals surface area contributed by atoms with E-state index in [1.807, 2.05) is 51.1 Å². The zero-order valence-corrected chi connectivity index (χ0v) is 28.6. The maximum atomic E-state index is 14.9. The van der Waals surface area contributed by atoms with Gasteiger partial charge in [-0.25, -0.2) is 4.90 Å². The van der Waals surface area contributed by atoms with Gasteiger partial charge in [0.05, 0.1) is 28.0 Å². The summed E-state index contributed by atoms with van der Waals surface area (Å²) in [6.07, 6.45) is 3.30. The minimum Gasteiger partial charge on any atom is -0.508 e. The van der Waals surface area contributed by atoms with Crippen LogP contribution in [0.15, 0.2) is 60.2 Å². The van der Waals surface area contributed by atoms with Crippen molar-refractivity contribution in [1.82, 2.24) is 14.7 Å². The highest BCUT2D eigenvalue weighted by atomic mass is 35.5. The highest BCUT2D eigenvalue weighted by Gasteiger charge is 2.68. The molecular formula is C37H35ClN4O5S. The summed E-state index contributed by atoms with van der Waals surface area (Å²) < 4.78 is 2.63. The number of rotatable bonds is 5. The van der Waals surface area contributed by atoms with Crippen LogP contribution in [0.2, 0.25) is 5.02 Å². The van der Waals surface area contributed by atoms with E-state index < -0.39 is 35.0 Å². The van der Waals surface area contributed by atoms with Crippen molar-refractivity contribution in [3.63, 3.8) is 0 Å². The van der Waals surface area contributed by atoms with Gasteiger partial charge in [0.2, 0.25) is 23.6 Å². The number of phenolic OH excluding ortho intramolecular Hbond substituents is 1. The Labute approximate surface area is 286 Å². The van der Waals surface area contributed by atoms with Crippen molar-refractivity contribution in [1.29, 1.82) is 0 Å². The second-order valence-electron chi connectivity index (χ2n) is 13.8. The highest BCUT2D eigenvalue weighted by Crippen LogP contribution is 2.64. The number of amides is 4. The standard InChI is InChI=1S/C37H35ClN4O5S/c1-5-14-41-33(44)22-12-11-20-24(30(22)35(41)46)16-25-34(45)42(36(47)37(25,3)31(20)21-8-6-7-9-27(21)43)29-17-26(39-40(29)4)32-18(2)23-15-19(38)10-13-28(23)48-32/h6-11,13,15,17,22,24-25,30-31,43H,5,12,14,16H2,1-4H3. The monoisotopic (exact) mass is 682 g/mol. The van der Waals surface area contributed by atoms with E-state index in [1.54, 1.807) is 47.3 Å². The number of carbonyl (C=O) groups is 4. The molecule has 4 aliphatic rings. The minimum atomic E-state index is -1.26. The SMILES string of the molecule is CCCN1C(=O)C2CC=C3C(CC4C(=O)N(c5cc(-c6sc7ccc(Cl)cc7c6C)nn5C)C(=O)C4(C)C3c3ccccc3O)C2C1=O. The van der Waals surface area contributed by atoms with Gasteiger partial charge in [0.25, 0.3) is 0 Å². The molecule has 0 radical (unpaired) electrons. The minimum absolute atomic E-state index is 0.0226. The van der Waals surface area contributed by atoms with Crippen molar-refractivity contribution in [3.05, 3.63) is 76.3 Å². The van der Waals surface area contributed by atoms with Crippen LogP contribution in [0.4, 0.5) is 5.82 Å². The van der Waals surface area contributed by atoms with Gasteiger partial charge in [0, 0.05) is 40.9 Å². The van der Waals surface area contributed by atoms with E-state index in [-0.39, 0.29) is 35.8 Å². The number of likely N-dealkylation sites (tertiary alicyclic amines) is 1. The normalized spacial score (nSPS) is 28.3. The lowest BCUT2D eigenvalue weighted by Crippen LogP contribution is -2.49. The maximum absolute atomic E-state index is 14.9. The van der Waals surface area contributed by atoms with E-state index in [0.717, 1.165) is 26.1 Å². The first-order chi connectivity index (χ1) is 23.0. The second kappa shape index (κ2) is 10.9. The van der Waals surface area contributed by atoms with Crippen LogP contribution in [0.1, 0.15) is 50.2 Å². The molecule has 2 saturated heterocycles. The summed E-state index contributed by atoms with van der Waals surface area (Å²) in [5.74, 6) is -3.69. The Kier molecular flexibility index (Phi) is 7.02. The zero-order valence-electron chi connectivity index (χ0n) is 27.1. The number of benzene rings is 2. The van der Waals surface area contributed by atoms with E-state index in [2.05, 4.69) is 0 Å². The molecular weight excluding hydrogens is 648 g/mol. The van der Waals surface area contributed by atoms with E-state index in [9.17, 15) is 24.3 Å². The van der Waals surface area contributed by atoms with Crippen molar-refractivity contribution < 1.29 is 24.3 Å². The number of thiophene rings is 1. The average molecular weight is 683 g/mol. The number of hydrogen-bond acceptors (Lipinski definition) is 7. The molecule has 1 saturated carbocycles. The fourth-order valence-corrected chi connectivity index (χ4v) is 10.4. The molecule has 2 aromatic heterocycles. The number of nitrogens with zero attached hydrogens (tertiary/aromatic N) is 4. The number of hydrogen-bond donors (Lipinski definition) is 1. The topological polar surface area (TPSA) is 113 Å². The molecule has 6 atom stereocenters. The first-order valence-corrected chi connectivity index (χ1v) is 17.6. The number of allylic oxidation sites excluding steroid dienone is 2. The Morgan fingerprint density at radius 1 is 1.04 bits per heavy atom. The van der Waals surface area contributed by atoms with Crippen LogP contribution in [0, 0.1) is 36.0 Å². The number of phenols is 1. The first kappa shape index (κ1) is 31.0. The molecule has 4 amide bonds. The molecule has 0 spiro atoms. The maximum Gasteiger partial charge on any atom is 0.242 e.